The Kier molecular flexibility index (Phi) is 16.4. The molecule has 1 aromatic heterocycles. The van der Waals surface area contributed by atoms with Crippen molar-refractivity contribution >= 4 is 40.2 Å². The Hall–Kier alpha value is -3.25. The van der Waals surface area contributed by atoms with Gasteiger partial charge >= 0.3 is 28.4 Å². The number of ether oxygens (including phenoxy) is 1. The van der Waals surface area contributed by atoms with E-state index in [2.05, 4.69) is 20.6 Å². The number of amides is 3. The molecule has 0 bridgehead atoms. The maximum absolute atomic E-state index is 13.8. The highest BCUT2D eigenvalue weighted by Crippen LogP contribution is 2.58. The number of rotatable bonds is 15. The number of nitrogens with one attached hydrogen (secondary N) is 3. The molecule has 0 aliphatic carbocycles. The third-order valence-corrected chi connectivity index (χ3v) is 10.7. The molecule has 3 amide bonds. The summed E-state index contributed by atoms with van der Waals surface area (Å²) in [5.41, 5.74) is -1.78. The lowest BCUT2D eigenvalue weighted by molar-refractivity contribution is -0.123. The van der Waals surface area contributed by atoms with E-state index < -0.39 is 57.7 Å². The minimum absolute atomic E-state index is 0.0772. The predicted molar refractivity (Wildman–Crippen MR) is 181 cm³/mol. The van der Waals surface area contributed by atoms with Crippen molar-refractivity contribution in [2.24, 2.45) is 5.92 Å². The zero-order valence-corrected chi connectivity index (χ0v) is 29.7. The molecule has 0 spiro atoms. The molecule has 0 saturated carbocycles. The Bertz CT molecular complexity index is 1440. The summed E-state index contributed by atoms with van der Waals surface area (Å²) in [7, 11) is -11.5. The molecule has 276 valence electrons. The van der Waals surface area contributed by atoms with Gasteiger partial charge in [-0.2, -0.15) is 0 Å². The second-order valence-corrected chi connectivity index (χ2v) is 15.8. The Labute approximate surface area is 290 Å². The molecule has 21 heteroatoms. The van der Waals surface area contributed by atoms with Crippen LogP contribution in [0.3, 0.4) is 0 Å². The number of benzene rings is 1. The second-order valence-electron chi connectivity index (χ2n) is 12.0. The summed E-state index contributed by atoms with van der Waals surface area (Å²) in [5, 5.41) is 7.40. The number of nitrogens with zero attached hydrogens (tertiary/aromatic N) is 3. The first-order chi connectivity index (χ1) is 23.6. The molecule has 1 aromatic carbocycles. The van der Waals surface area contributed by atoms with Crippen molar-refractivity contribution < 1.29 is 57.1 Å². The van der Waals surface area contributed by atoms with Crippen LogP contribution < -0.4 is 16.0 Å². The first-order valence-corrected chi connectivity index (χ1v) is 19.4. The number of carbonyl (C=O) groups excluding carboxylic acids is 3. The summed E-state index contributed by atoms with van der Waals surface area (Å²) in [6, 6.07) is 8.36. The lowest BCUT2D eigenvalue weighted by Gasteiger charge is -2.30. The maximum atomic E-state index is 13.8. The van der Waals surface area contributed by atoms with Gasteiger partial charge in [-0.1, -0.05) is 44.2 Å². The fourth-order valence-electron chi connectivity index (χ4n) is 5.11. The molecule has 2 aromatic rings. The van der Waals surface area contributed by atoms with Crippen molar-refractivity contribution in [1.29, 1.82) is 0 Å². The normalized spacial score (nSPS) is 16.4. The molecule has 0 radical (unpaired) electrons. The third kappa shape index (κ3) is 14.5. The number of aromatic nitrogens is 2. The third-order valence-electron chi connectivity index (χ3n) is 7.41. The van der Waals surface area contributed by atoms with E-state index in [0.29, 0.717) is 32.4 Å². The lowest BCUT2D eigenvalue weighted by Crippen LogP contribution is -2.56. The van der Waals surface area contributed by atoms with Crippen molar-refractivity contribution in [3.8, 4) is 0 Å². The van der Waals surface area contributed by atoms with Crippen LogP contribution in [0.2, 0.25) is 0 Å². The first-order valence-electron chi connectivity index (χ1n) is 16.0. The summed E-state index contributed by atoms with van der Waals surface area (Å²) < 4.78 is 39.9. The molecule has 1 saturated heterocycles. The largest absolute Gasteiger partial charge is 0.480 e. The van der Waals surface area contributed by atoms with Gasteiger partial charge in [-0.15, -0.1) is 0 Å². The second kappa shape index (κ2) is 20.0. The molecule has 7 N–H and O–H groups in total. The molecule has 2 atom stereocenters. The highest BCUT2D eigenvalue weighted by atomic mass is 31.2. The van der Waals surface area contributed by atoms with Crippen LogP contribution in [0.25, 0.3) is 0 Å². The highest BCUT2D eigenvalue weighted by Gasteiger charge is 2.45. The van der Waals surface area contributed by atoms with E-state index in [4.69, 9.17) is 33.6 Å². The summed E-state index contributed by atoms with van der Waals surface area (Å²) >= 11 is 0. The number of hydrogen-bond acceptors (Lipinski definition) is 11. The van der Waals surface area contributed by atoms with Crippen LogP contribution in [-0.2, 0) is 34.4 Å². The Balaban J connectivity index is 1.58. The molecule has 1 fully saturated rings. The molecule has 50 heavy (non-hydrogen) atoms. The summed E-state index contributed by atoms with van der Waals surface area (Å²) in [6.45, 7) is 5.60. The van der Waals surface area contributed by atoms with Crippen LogP contribution in [0.4, 0.5) is 4.79 Å². The van der Waals surface area contributed by atoms with E-state index in [1.165, 1.54) is 18.6 Å². The van der Waals surface area contributed by atoms with Gasteiger partial charge in [0.15, 0.2) is 0 Å². The van der Waals surface area contributed by atoms with Crippen molar-refractivity contribution in [2.45, 2.75) is 57.0 Å². The molecule has 1 aliphatic heterocycles. The maximum Gasteiger partial charge on any atom is 0.480 e. The smallest absolute Gasteiger partial charge is 0.448 e. The van der Waals surface area contributed by atoms with Crippen LogP contribution >= 0.6 is 15.2 Å². The van der Waals surface area contributed by atoms with Crippen LogP contribution in [-0.4, -0.2) is 116 Å². The fourth-order valence-corrected chi connectivity index (χ4v) is 7.22. The highest BCUT2D eigenvalue weighted by molar-refractivity contribution is 7.70. The number of alkyl carbamates (subject to hydrolysis) is 1. The van der Waals surface area contributed by atoms with Gasteiger partial charge in [0.05, 0.1) is 12.1 Å². The number of hydrogen-bond donors (Lipinski definition) is 7. The summed E-state index contributed by atoms with van der Waals surface area (Å²) in [4.78, 5) is 85.3. The molecule has 2 unspecified atom stereocenters. The average molecular weight is 742 g/mol. The van der Waals surface area contributed by atoms with Gasteiger partial charge in [-0.25, -0.2) is 9.78 Å². The van der Waals surface area contributed by atoms with Crippen molar-refractivity contribution in [1.82, 2.24) is 30.8 Å². The van der Waals surface area contributed by atoms with Gasteiger partial charge in [-0.3, -0.25) is 33.9 Å². The van der Waals surface area contributed by atoms with E-state index in [-0.39, 0.29) is 44.4 Å². The van der Waals surface area contributed by atoms with Crippen LogP contribution in [0.1, 0.15) is 49.2 Å². The molecule has 3 rings (SSSR count). The van der Waals surface area contributed by atoms with E-state index in [9.17, 15) is 23.5 Å². The van der Waals surface area contributed by atoms with Crippen molar-refractivity contribution in [3.05, 3.63) is 60.2 Å². The Morgan fingerprint density at radius 3 is 2.16 bits per heavy atom. The zero-order valence-electron chi connectivity index (χ0n) is 27.9. The molecule has 2 heterocycles. The predicted octanol–water partition coefficient (Wildman–Crippen LogP) is 0.870. The van der Waals surface area contributed by atoms with E-state index >= 15 is 0 Å². The van der Waals surface area contributed by atoms with Crippen LogP contribution in [0.15, 0.2) is 48.9 Å². The van der Waals surface area contributed by atoms with E-state index in [0.717, 1.165) is 5.56 Å². The SMILES string of the molecule is CC(C)CC(NC(=O)C(Cc1ccccc1)NC(=O)c1cnccn1)B1OCCCN(CCOC(=O)NC(P(=O)(O)O)P(=O)(O)O)CCCO1. The zero-order chi connectivity index (χ0) is 36.7. The van der Waals surface area contributed by atoms with Gasteiger partial charge in [0.25, 0.3) is 5.91 Å². The van der Waals surface area contributed by atoms with Gasteiger partial charge in [0.2, 0.25) is 11.4 Å². The number of carbonyl (C=O) groups is 3. The van der Waals surface area contributed by atoms with E-state index in [1.54, 1.807) is 5.32 Å². The summed E-state index contributed by atoms with van der Waals surface area (Å²) in [5.74, 6) is -1.33. The van der Waals surface area contributed by atoms with Gasteiger partial charge in [-0.05, 0) is 30.7 Å². The minimum Gasteiger partial charge on any atom is -0.448 e. The van der Waals surface area contributed by atoms with E-state index in [1.807, 2.05) is 49.1 Å². The first kappa shape index (κ1) is 41.2. The molecular formula is C29H45BN6O12P2. The van der Waals surface area contributed by atoms with Gasteiger partial charge < -0.3 is 44.3 Å². The monoisotopic (exact) mass is 742 g/mol. The average Bonchev–Trinajstić information content (AvgIpc) is 3.05. The van der Waals surface area contributed by atoms with Crippen molar-refractivity contribution in [3.63, 3.8) is 0 Å². The van der Waals surface area contributed by atoms with Crippen molar-refractivity contribution in [2.75, 3.05) is 39.5 Å². The Morgan fingerprint density at radius 1 is 0.960 bits per heavy atom. The molecule has 1 aliphatic rings. The summed E-state index contributed by atoms with van der Waals surface area (Å²) in [6.07, 6.45) is 4.62. The Morgan fingerprint density at radius 2 is 1.60 bits per heavy atom. The van der Waals surface area contributed by atoms with Gasteiger partial charge in [0, 0.05) is 51.7 Å². The van der Waals surface area contributed by atoms with Gasteiger partial charge in [0.1, 0.15) is 18.3 Å². The van der Waals surface area contributed by atoms with Crippen LogP contribution in [0.5, 0.6) is 0 Å². The fraction of sp³-hybridized carbons (Fsp3) is 0.552. The standard InChI is InChI=1S/C29H45BN6O12P2/c1-21(2)18-25(34-26(37)23(19-22-8-4-3-5-9-22)33-27(38)24-20-31-10-11-32-24)30-47-15-6-12-36(13-7-16-48-30)14-17-46-28(39)35-29(49(40,41)42)50(43,44)45/h3-5,8-11,20-21,23,25,29H,6-7,12-19H2,1-2H3,(H,33,38)(H,34,37)(H,35,39)(H2,40,41,42)(H2,43,44,45). The lowest BCUT2D eigenvalue weighted by atomic mass is 9.73. The molecular weight excluding hydrogens is 697 g/mol. The minimum atomic E-state index is -5.35. The van der Waals surface area contributed by atoms with Crippen LogP contribution in [0, 0.1) is 5.92 Å². The molecule has 18 nitrogen and oxygen atoms in total. The quantitative estimate of drug-likeness (QED) is 0.0987. The topological polar surface area (TPSA) is 259 Å².